The van der Waals surface area contributed by atoms with Gasteiger partial charge in [-0.2, -0.15) is 0 Å². The van der Waals surface area contributed by atoms with Crippen LogP contribution in [0.25, 0.3) is 0 Å². The Kier molecular flexibility index (Phi) is 11.0. The number of rotatable bonds is 13. The smallest absolute Gasteiger partial charge is 0.243 e. The molecule has 0 radical (unpaired) electrons. The van der Waals surface area contributed by atoms with Crippen LogP contribution in [0.1, 0.15) is 30.5 Å². The van der Waals surface area contributed by atoms with Gasteiger partial charge >= 0.3 is 0 Å². The molecule has 2 amide bonds. The van der Waals surface area contributed by atoms with Crippen molar-refractivity contribution in [3.8, 4) is 5.75 Å². The van der Waals surface area contributed by atoms with Crippen LogP contribution in [0.3, 0.4) is 0 Å². The van der Waals surface area contributed by atoms with Gasteiger partial charge in [0.15, 0.2) is 0 Å². The number of thioether (sulfide) groups is 1. The molecule has 0 saturated heterocycles. The molecule has 0 aromatic heterocycles. The highest BCUT2D eigenvalue weighted by molar-refractivity contribution is 7.99. The van der Waals surface area contributed by atoms with Gasteiger partial charge in [0.1, 0.15) is 17.6 Å². The summed E-state index contributed by atoms with van der Waals surface area (Å²) in [7, 11) is 1.60. The number of nitrogens with zero attached hydrogens (tertiary/aromatic N) is 1. The van der Waals surface area contributed by atoms with Crippen LogP contribution in [0, 0.1) is 11.7 Å². The average Bonchev–Trinajstić information content (AvgIpc) is 2.91. The molecule has 1 N–H and O–H groups in total. The monoisotopic (exact) mass is 522 g/mol. The molecule has 0 fully saturated rings. The fourth-order valence-corrected chi connectivity index (χ4v) is 4.79. The summed E-state index contributed by atoms with van der Waals surface area (Å²) in [5.74, 6) is 0.807. The van der Waals surface area contributed by atoms with Crippen molar-refractivity contribution in [2.75, 3.05) is 19.4 Å². The molecule has 3 aromatic rings. The molecule has 1 unspecified atom stereocenters. The van der Waals surface area contributed by atoms with Gasteiger partial charge in [-0.25, -0.2) is 4.39 Å². The first-order chi connectivity index (χ1) is 17.9. The predicted molar refractivity (Wildman–Crippen MR) is 148 cm³/mol. The number of hydrogen-bond acceptors (Lipinski definition) is 4. The summed E-state index contributed by atoms with van der Waals surface area (Å²) in [5, 5.41) is 3.02. The Morgan fingerprint density at radius 2 is 1.68 bits per heavy atom. The minimum absolute atomic E-state index is 0.126. The lowest BCUT2D eigenvalue weighted by Gasteiger charge is -2.32. The van der Waals surface area contributed by atoms with E-state index in [0.717, 1.165) is 11.1 Å². The Hall–Kier alpha value is -3.32. The van der Waals surface area contributed by atoms with E-state index in [4.69, 9.17) is 4.74 Å². The average molecular weight is 523 g/mol. The van der Waals surface area contributed by atoms with Gasteiger partial charge in [0, 0.05) is 25.3 Å². The highest BCUT2D eigenvalue weighted by Gasteiger charge is 2.30. The number of ether oxygens (including phenoxy) is 1. The molecule has 196 valence electrons. The first kappa shape index (κ1) is 28.3. The number of carbonyl (C=O) groups excluding carboxylic acids is 2. The molecular formula is C30H35FN2O3S. The third kappa shape index (κ3) is 8.93. The van der Waals surface area contributed by atoms with Gasteiger partial charge < -0.3 is 15.0 Å². The summed E-state index contributed by atoms with van der Waals surface area (Å²) in [4.78, 5) is 28.8. The third-order valence-corrected chi connectivity index (χ3v) is 6.85. The molecule has 3 aromatic carbocycles. The summed E-state index contributed by atoms with van der Waals surface area (Å²) >= 11 is 1.34. The summed E-state index contributed by atoms with van der Waals surface area (Å²) in [5.41, 5.74) is 2.38. The van der Waals surface area contributed by atoms with Crippen LogP contribution in [0.15, 0.2) is 78.9 Å². The molecule has 5 nitrogen and oxygen atoms in total. The van der Waals surface area contributed by atoms with E-state index in [9.17, 15) is 14.0 Å². The second-order valence-electron chi connectivity index (χ2n) is 9.30. The van der Waals surface area contributed by atoms with Crippen molar-refractivity contribution in [3.05, 3.63) is 101 Å². The lowest BCUT2D eigenvalue weighted by molar-refractivity contribution is -0.139. The van der Waals surface area contributed by atoms with E-state index in [-0.39, 0.29) is 35.8 Å². The highest BCUT2D eigenvalue weighted by atomic mass is 32.2. The molecule has 1 atom stereocenters. The van der Waals surface area contributed by atoms with Crippen LogP contribution in [0.4, 0.5) is 4.39 Å². The van der Waals surface area contributed by atoms with Crippen molar-refractivity contribution in [2.24, 2.45) is 5.92 Å². The van der Waals surface area contributed by atoms with Crippen LogP contribution in [-0.4, -0.2) is 42.2 Å². The molecule has 0 aliphatic rings. The van der Waals surface area contributed by atoms with E-state index in [1.54, 1.807) is 30.2 Å². The van der Waals surface area contributed by atoms with E-state index in [1.165, 1.54) is 17.8 Å². The van der Waals surface area contributed by atoms with Gasteiger partial charge in [0.25, 0.3) is 0 Å². The van der Waals surface area contributed by atoms with E-state index in [2.05, 4.69) is 5.32 Å². The van der Waals surface area contributed by atoms with Crippen LogP contribution in [-0.2, 0) is 28.3 Å². The van der Waals surface area contributed by atoms with E-state index in [0.29, 0.717) is 30.0 Å². The first-order valence-electron chi connectivity index (χ1n) is 12.4. The van der Waals surface area contributed by atoms with Gasteiger partial charge in [-0.3, -0.25) is 9.59 Å². The molecule has 7 heteroatoms. The fourth-order valence-electron chi connectivity index (χ4n) is 3.89. The molecule has 3 rings (SSSR count). The maximum Gasteiger partial charge on any atom is 0.243 e. The second kappa shape index (κ2) is 14.4. The molecule has 0 saturated carbocycles. The number of nitrogens with one attached hydrogen (secondary N) is 1. The topological polar surface area (TPSA) is 58.6 Å². The number of carbonyl (C=O) groups is 2. The second-order valence-corrected chi connectivity index (χ2v) is 10.3. The largest absolute Gasteiger partial charge is 0.497 e. The summed E-state index contributed by atoms with van der Waals surface area (Å²) < 4.78 is 19.5. The Bertz CT molecular complexity index is 1160. The predicted octanol–water partition coefficient (Wildman–Crippen LogP) is 5.48. The number of methoxy groups -OCH3 is 1. The van der Waals surface area contributed by atoms with Gasteiger partial charge in [-0.15, -0.1) is 11.8 Å². The summed E-state index contributed by atoms with van der Waals surface area (Å²) in [6, 6.07) is 23.1. The van der Waals surface area contributed by atoms with Crippen LogP contribution < -0.4 is 10.1 Å². The Morgan fingerprint density at radius 1 is 0.973 bits per heavy atom. The SMILES string of the molecule is COc1cccc(CN(C(=O)CSCc2ccccc2F)C(Cc2ccccc2)C(=O)NCC(C)C)c1. The number of amides is 2. The number of benzene rings is 3. The molecule has 0 bridgehead atoms. The lowest BCUT2D eigenvalue weighted by Crippen LogP contribution is -2.51. The van der Waals surface area contributed by atoms with E-state index < -0.39 is 6.04 Å². The van der Waals surface area contributed by atoms with Crippen molar-refractivity contribution in [2.45, 2.75) is 38.6 Å². The number of hydrogen-bond donors (Lipinski definition) is 1. The van der Waals surface area contributed by atoms with Gasteiger partial charge in [-0.1, -0.05) is 74.5 Å². The van der Waals surface area contributed by atoms with Crippen molar-refractivity contribution in [3.63, 3.8) is 0 Å². The standard InChI is InChI=1S/C30H35FN2O3S/c1-22(2)18-32-30(35)28(17-23-10-5-4-6-11-23)33(19-24-12-9-14-26(16-24)36-3)29(34)21-37-20-25-13-7-8-15-27(25)31/h4-16,22,28H,17-21H2,1-3H3,(H,32,35). The maximum atomic E-state index is 14.1. The van der Waals surface area contributed by atoms with Gasteiger partial charge in [0.2, 0.25) is 11.8 Å². The van der Waals surface area contributed by atoms with Crippen molar-refractivity contribution >= 4 is 23.6 Å². The third-order valence-electron chi connectivity index (χ3n) is 5.88. The highest BCUT2D eigenvalue weighted by Crippen LogP contribution is 2.21. The minimum atomic E-state index is -0.700. The Balaban J connectivity index is 1.87. The zero-order chi connectivity index (χ0) is 26.6. The quantitative estimate of drug-likeness (QED) is 0.323. The van der Waals surface area contributed by atoms with E-state index >= 15 is 0 Å². The van der Waals surface area contributed by atoms with Crippen LogP contribution in [0.2, 0.25) is 0 Å². The molecule has 0 spiro atoms. The zero-order valence-corrected chi connectivity index (χ0v) is 22.5. The van der Waals surface area contributed by atoms with E-state index in [1.807, 2.05) is 68.4 Å². The van der Waals surface area contributed by atoms with Crippen molar-refractivity contribution in [1.29, 1.82) is 0 Å². The molecule has 0 aliphatic heterocycles. The lowest BCUT2D eigenvalue weighted by atomic mass is 10.0. The van der Waals surface area contributed by atoms with Crippen LogP contribution >= 0.6 is 11.8 Å². The normalized spacial score (nSPS) is 11.7. The van der Waals surface area contributed by atoms with Gasteiger partial charge in [-0.05, 0) is 40.8 Å². The Labute approximate surface area is 223 Å². The van der Waals surface area contributed by atoms with Crippen molar-refractivity contribution in [1.82, 2.24) is 10.2 Å². The summed E-state index contributed by atoms with van der Waals surface area (Å²) in [6.45, 7) is 4.84. The first-order valence-corrected chi connectivity index (χ1v) is 13.6. The Morgan fingerprint density at radius 3 is 2.38 bits per heavy atom. The zero-order valence-electron chi connectivity index (χ0n) is 21.7. The van der Waals surface area contributed by atoms with Crippen molar-refractivity contribution < 1.29 is 18.7 Å². The minimum Gasteiger partial charge on any atom is -0.497 e. The maximum absolute atomic E-state index is 14.1. The molecule has 0 heterocycles. The molecule has 0 aliphatic carbocycles. The van der Waals surface area contributed by atoms with Gasteiger partial charge in [0.05, 0.1) is 12.9 Å². The van der Waals surface area contributed by atoms with Crippen LogP contribution in [0.5, 0.6) is 5.75 Å². The summed E-state index contributed by atoms with van der Waals surface area (Å²) in [6.07, 6.45) is 0.387. The molecule has 37 heavy (non-hydrogen) atoms. The fraction of sp³-hybridized carbons (Fsp3) is 0.333. The molecular weight excluding hydrogens is 487 g/mol. The number of halogens is 1.